The molecule has 0 saturated heterocycles. The van der Waals surface area contributed by atoms with E-state index in [1.165, 1.54) is 11.1 Å². The average molecular weight is 292 g/mol. The Hall–Kier alpha value is -1.59. The minimum Gasteiger partial charge on any atom is -0.483 e. The van der Waals surface area contributed by atoms with Crippen LogP contribution >= 0.6 is 0 Å². The molecule has 5 nitrogen and oxygen atoms in total. The molecule has 2 rings (SSSR count). The van der Waals surface area contributed by atoms with Crippen molar-refractivity contribution in [2.45, 2.75) is 25.8 Å². The van der Waals surface area contributed by atoms with Gasteiger partial charge in [-0.3, -0.25) is 4.79 Å². The molecule has 1 aromatic carbocycles. The molecule has 0 spiro atoms. The summed E-state index contributed by atoms with van der Waals surface area (Å²) in [6, 6.07) is 6.48. The molecule has 1 aliphatic rings. The summed E-state index contributed by atoms with van der Waals surface area (Å²) < 4.78 is 10.6. The Balaban J connectivity index is 1.91. The molecule has 0 heterocycles. The molecule has 5 heteroatoms. The fraction of sp³-hybridized carbons (Fsp3) is 0.562. The Morgan fingerprint density at radius 3 is 3.05 bits per heavy atom. The standard InChI is InChI=1S/C16H24N2O3/c1-3-17-14-8-7-13-12(14)5-4-6-15(13)21-11-16(19)18-9-10-20-2/h4-6,14,17H,3,7-11H2,1-2H3,(H,18,19). The van der Waals surface area contributed by atoms with Gasteiger partial charge in [-0.1, -0.05) is 19.1 Å². The van der Waals surface area contributed by atoms with Gasteiger partial charge in [0.25, 0.3) is 5.91 Å². The largest absolute Gasteiger partial charge is 0.483 e. The van der Waals surface area contributed by atoms with Crippen LogP contribution in [0.4, 0.5) is 0 Å². The topological polar surface area (TPSA) is 59.6 Å². The Kier molecular flexibility index (Phi) is 6.02. The highest BCUT2D eigenvalue weighted by atomic mass is 16.5. The van der Waals surface area contributed by atoms with Crippen LogP contribution in [-0.2, 0) is 16.0 Å². The third-order valence-electron chi connectivity index (χ3n) is 3.67. The highest BCUT2D eigenvalue weighted by Crippen LogP contribution is 2.36. The van der Waals surface area contributed by atoms with Gasteiger partial charge in [0.1, 0.15) is 5.75 Å². The Bertz CT molecular complexity index is 477. The first-order valence-corrected chi connectivity index (χ1v) is 7.49. The van der Waals surface area contributed by atoms with E-state index in [9.17, 15) is 4.79 Å². The van der Waals surface area contributed by atoms with Crippen molar-refractivity contribution >= 4 is 5.91 Å². The second kappa shape index (κ2) is 8.00. The number of benzene rings is 1. The molecule has 0 aliphatic heterocycles. The fourth-order valence-electron chi connectivity index (χ4n) is 2.70. The zero-order chi connectivity index (χ0) is 15.1. The van der Waals surface area contributed by atoms with Crippen molar-refractivity contribution in [2.24, 2.45) is 0 Å². The minimum absolute atomic E-state index is 0.0477. The molecular formula is C16H24N2O3. The molecule has 1 amide bonds. The van der Waals surface area contributed by atoms with E-state index in [0.717, 1.165) is 25.1 Å². The predicted octanol–water partition coefficient (Wildman–Crippen LogP) is 1.42. The smallest absolute Gasteiger partial charge is 0.258 e. The number of carbonyl (C=O) groups is 1. The molecule has 0 radical (unpaired) electrons. The number of hydrogen-bond donors (Lipinski definition) is 2. The Morgan fingerprint density at radius 1 is 1.43 bits per heavy atom. The molecule has 0 aromatic heterocycles. The number of ether oxygens (including phenoxy) is 2. The maximum Gasteiger partial charge on any atom is 0.258 e. The molecule has 0 fully saturated rings. The molecule has 21 heavy (non-hydrogen) atoms. The van der Waals surface area contributed by atoms with Crippen LogP contribution in [0.5, 0.6) is 5.75 Å². The van der Waals surface area contributed by atoms with E-state index in [2.05, 4.69) is 23.6 Å². The van der Waals surface area contributed by atoms with Gasteiger partial charge in [0.2, 0.25) is 0 Å². The number of fused-ring (bicyclic) bond motifs is 1. The van der Waals surface area contributed by atoms with Gasteiger partial charge >= 0.3 is 0 Å². The van der Waals surface area contributed by atoms with Crippen LogP contribution in [0.3, 0.4) is 0 Å². The number of carbonyl (C=O) groups excluding carboxylic acids is 1. The highest BCUT2D eigenvalue weighted by Gasteiger charge is 2.24. The summed E-state index contributed by atoms with van der Waals surface area (Å²) in [5.74, 6) is 0.709. The number of hydrogen-bond acceptors (Lipinski definition) is 4. The normalized spacial score (nSPS) is 16.6. The molecule has 0 bridgehead atoms. The van der Waals surface area contributed by atoms with Gasteiger partial charge in [-0.05, 0) is 36.6 Å². The van der Waals surface area contributed by atoms with E-state index in [1.807, 2.05) is 12.1 Å². The second-order valence-electron chi connectivity index (χ2n) is 5.10. The number of nitrogens with one attached hydrogen (secondary N) is 2. The first kappa shape index (κ1) is 15.8. The average Bonchev–Trinajstić information content (AvgIpc) is 2.90. The lowest BCUT2D eigenvalue weighted by Gasteiger charge is -2.14. The van der Waals surface area contributed by atoms with Gasteiger partial charge in [0, 0.05) is 19.7 Å². The van der Waals surface area contributed by atoms with Crippen molar-refractivity contribution < 1.29 is 14.3 Å². The summed E-state index contributed by atoms with van der Waals surface area (Å²) in [6.45, 7) is 4.14. The summed E-state index contributed by atoms with van der Waals surface area (Å²) >= 11 is 0. The zero-order valence-electron chi connectivity index (χ0n) is 12.8. The van der Waals surface area contributed by atoms with E-state index in [4.69, 9.17) is 9.47 Å². The van der Waals surface area contributed by atoms with E-state index in [-0.39, 0.29) is 12.5 Å². The molecule has 1 aromatic rings. The van der Waals surface area contributed by atoms with Crippen molar-refractivity contribution in [1.82, 2.24) is 10.6 Å². The van der Waals surface area contributed by atoms with Crippen molar-refractivity contribution in [3.05, 3.63) is 29.3 Å². The van der Waals surface area contributed by atoms with Crippen molar-refractivity contribution in [3.8, 4) is 5.75 Å². The van der Waals surface area contributed by atoms with Gasteiger partial charge in [0.05, 0.1) is 6.61 Å². The van der Waals surface area contributed by atoms with Gasteiger partial charge < -0.3 is 20.1 Å². The van der Waals surface area contributed by atoms with Crippen LogP contribution in [0.25, 0.3) is 0 Å². The van der Waals surface area contributed by atoms with Crippen LogP contribution in [0.2, 0.25) is 0 Å². The summed E-state index contributed by atoms with van der Waals surface area (Å²) in [4.78, 5) is 11.7. The lowest BCUT2D eigenvalue weighted by Crippen LogP contribution is -2.31. The molecule has 1 atom stereocenters. The summed E-state index contributed by atoms with van der Waals surface area (Å²) in [7, 11) is 1.61. The van der Waals surface area contributed by atoms with Crippen molar-refractivity contribution in [2.75, 3.05) is 33.4 Å². The molecule has 0 saturated carbocycles. The van der Waals surface area contributed by atoms with Crippen LogP contribution in [0.1, 0.15) is 30.5 Å². The lowest BCUT2D eigenvalue weighted by molar-refractivity contribution is -0.123. The van der Waals surface area contributed by atoms with Crippen molar-refractivity contribution in [3.63, 3.8) is 0 Å². The fourth-order valence-corrected chi connectivity index (χ4v) is 2.70. The number of rotatable bonds is 8. The van der Waals surface area contributed by atoms with Gasteiger partial charge in [-0.25, -0.2) is 0 Å². The first-order chi connectivity index (χ1) is 10.3. The van der Waals surface area contributed by atoms with E-state index in [1.54, 1.807) is 7.11 Å². The number of amides is 1. The molecule has 1 aliphatic carbocycles. The van der Waals surface area contributed by atoms with E-state index in [0.29, 0.717) is 19.2 Å². The maximum absolute atomic E-state index is 11.7. The summed E-state index contributed by atoms with van der Waals surface area (Å²) in [5.41, 5.74) is 2.53. The van der Waals surface area contributed by atoms with Crippen molar-refractivity contribution in [1.29, 1.82) is 0 Å². The van der Waals surface area contributed by atoms with Crippen LogP contribution < -0.4 is 15.4 Å². The molecule has 1 unspecified atom stereocenters. The molecule has 116 valence electrons. The van der Waals surface area contributed by atoms with Crippen LogP contribution in [0.15, 0.2) is 18.2 Å². The number of methoxy groups -OCH3 is 1. The Morgan fingerprint density at radius 2 is 2.29 bits per heavy atom. The molecule has 2 N–H and O–H groups in total. The second-order valence-corrected chi connectivity index (χ2v) is 5.10. The van der Waals surface area contributed by atoms with Gasteiger partial charge in [0.15, 0.2) is 6.61 Å². The van der Waals surface area contributed by atoms with Gasteiger partial charge in [-0.15, -0.1) is 0 Å². The lowest BCUT2D eigenvalue weighted by atomic mass is 10.1. The van der Waals surface area contributed by atoms with Crippen LogP contribution in [-0.4, -0.2) is 39.3 Å². The van der Waals surface area contributed by atoms with E-state index >= 15 is 0 Å². The quantitative estimate of drug-likeness (QED) is 0.712. The first-order valence-electron chi connectivity index (χ1n) is 7.49. The monoisotopic (exact) mass is 292 g/mol. The SMILES string of the molecule is CCNC1CCc2c(OCC(=O)NCCOC)cccc21. The third-order valence-corrected chi connectivity index (χ3v) is 3.67. The minimum atomic E-state index is -0.120. The maximum atomic E-state index is 11.7. The van der Waals surface area contributed by atoms with Gasteiger partial charge in [-0.2, -0.15) is 0 Å². The predicted molar refractivity (Wildman–Crippen MR) is 81.6 cm³/mol. The zero-order valence-corrected chi connectivity index (χ0v) is 12.8. The third kappa shape index (κ3) is 4.19. The van der Waals surface area contributed by atoms with Crippen LogP contribution in [0, 0.1) is 0 Å². The molecular weight excluding hydrogens is 268 g/mol. The Labute approximate surface area is 126 Å². The summed E-state index contributed by atoms with van der Waals surface area (Å²) in [6.07, 6.45) is 2.08. The van der Waals surface area contributed by atoms with E-state index < -0.39 is 0 Å². The highest BCUT2D eigenvalue weighted by molar-refractivity contribution is 5.77. The summed E-state index contributed by atoms with van der Waals surface area (Å²) in [5, 5.41) is 6.23.